The molecule has 3 rings (SSSR count). The van der Waals surface area contributed by atoms with Crippen LogP contribution in [0.2, 0.25) is 0 Å². The molecule has 1 aliphatic rings. The maximum Gasteiger partial charge on any atom is 0.0794 e. The van der Waals surface area contributed by atoms with Gasteiger partial charge in [-0.3, -0.25) is 5.10 Å². The molecule has 0 radical (unpaired) electrons. The highest BCUT2D eigenvalue weighted by atomic mass is 32.1. The van der Waals surface area contributed by atoms with Gasteiger partial charge in [0.2, 0.25) is 0 Å². The average molecular weight is 305 g/mol. The van der Waals surface area contributed by atoms with Crippen LogP contribution in [-0.2, 0) is 6.54 Å². The van der Waals surface area contributed by atoms with E-state index >= 15 is 0 Å². The predicted molar refractivity (Wildman–Crippen MR) is 86.2 cm³/mol. The first kappa shape index (κ1) is 14.8. The largest absolute Gasteiger partial charge is 0.394 e. The van der Waals surface area contributed by atoms with Crippen LogP contribution in [-0.4, -0.2) is 27.4 Å². The fourth-order valence-corrected chi connectivity index (χ4v) is 3.82. The Kier molecular flexibility index (Phi) is 4.42. The number of nitrogens with one attached hydrogen (secondary N) is 2. The fourth-order valence-electron chi connectivity index (χ4n) is 3.07. The summed E-state index contributed by atoms with van der Waals surface area (Å²) < 4.78 is 0. The summed E-state index contributed by atoms with van der Waals surface area (Å²) in [6.07, 6.45) is 6.37. The Hall–Kier alpha value is -1.17. The van der Waals surface area contributed by atoms with Gasteiger partial charge in [-0.25, -0.2) is 0 Å². The molecule has 1 saturated carbocycles. The Balaban J connectivity index is 1.69. The molecule has 114 valence electrons. The quantitative estimate of drug-likeness (QED) is 0.795. The van der Waals surface area contributed by atoms with Crippen molar-refractivity contribution in [2.75, 3.05) is 6.61 Å². The van der Waals surface area contributed by atoms with Crippen LogP contribution < -0.4 is 5.32 Å². The van der Waals surface area contributed by atoms with Crippen LogP contribution in [0.3, 0.4) is 0 Å². The van der Waals surface area contributed by atoms with Crippen LogP contribution in [0, 0.1) is 5.92 Å². The number of hydrogen-bond donors (Lipinski definition) is 3. The van der Waals surface area contributed by atoms with Gasteiger partial charge in [-0.1, -0.05) is 13.0 Å². The van der Waals surface area contributed by atoms with Crippen LogP contribution in [0.5, 0.6) is 0 Å². The van der Waals surface area contributed by atoms with Crippen molar-refractivity contribution in [2.24, 2.45) is 5.92 Å². The molecule has 1 fully saturated rings. The van der Waals surface area contributed by atoms with E-state index in [-0.39, 0.29) is 12.1 Å². The van der Waals surface area contributed by atoms with Crippen LogP contribution in [0.25, 0.3) is 10.6 Å². The molecule has 1 aliphatic carbocycles. The van der Waals surface area contributed by atoms with Crippen molar-refractivity contribution in [3.8, 4) is 10.6 Å². The number of aromatic nitrogens is 2. The van der Waals surface area contributed by atoms with E-state index in [1.54, 1.807) is 11.3 Å². The molecule has 3 N–H and O–H groups in total. The number of aliphatic hydroxyl groups excluding tert-OH is 1. The van der Waals surface area contributed by atoms with Crippen molar-refractivity contribution in [3.05, 3.63) is 29.3 Å². The van der Waals surface area contributed by atoms with Gasteiger partial charge in [-0.2, -0.15) is 5.10 Å². The Bertz CT molecular complexity index is 556. The molecular weight excluding hydrogens is 282 g/mol. The number of thiophene rings is 1. The Morgan fingerprint density at radius 3 is 2.95 bits per heavy atom. The van der Waals surface area contributed by atoms with Gasteiger partial charge >= 0.3 is 0 Å². The first-order chi connectivity index (χ1) is 10.2. The van der Waals surface area contributed by atoms with E-state index in [0.717, 1.165) is 31.0 Å². The highest BCUT2D eigenvalue weighted by molar-refractivity contribution is 7.13. The molecule has 2 aromatic rings. The molecule has 21 heavy (non-hydrogen) atoms. The minimum atomic E-state index is -0.115. The van der Waals surface area contributed by atoms with E-state index in [1.807, 2.05) is 6.20 Å². The molecule has 5 heteroatoms. The van der Waals surface area contributed by atoms with Crippen molar-refractivity contribution in [1.29, 1.82) is 0 Å². The van der Waals surface area contributed by atoms with E-state index in [2.05, 4.69) is 40.0 Å². The van der Waals surface area contributed by atoms with Gasteiger partial charge in [0.05, 0.1) is 23.4 Å². The van der Waals surface area contributed by atoms with Gasteiger partial charge in [-0.05, 0) is 43.0 Å². The summed E-state index contributed by atoms with van der Waals surface area (Å²) in [7, 11) is 0. The van der Waals surface area contributed by atoms with E-state index < -0.39 is 0 Å². The molecular formula is C16H23N3OS. The van der Waals surface area contributed by atoms with Crippen molar-refractivity contribution in [1.82, 2.24) is 15.5 Å². The topological polar surface area (TPSA) is 60.9 Å². The first-order valence-electron chi connectivity index (χ1n) is 7.64. The lowest BCUT2D eigenvalue weighted by Crippen LogP contribution is -2.50. The van der Waals surface area contributed by atoms with E-state index in [4.69, 9.17) is 0 Å². The third-order valence-electron chi connectivity index (χ3n) is 4.67. The maximum absolute atomic E-state index is 9.83. The monoisotopic (exact) mass is 305 g/mol. The summed E-state index contributed by atoms with van der Waals surface area (Å²) in [4.78, 5) is 1.21. The third-order valence-corrected chi connectivity index (χ3v) is 5.56. The molecule has 0 saturated heterocycles. The van der Waals surface area contributed by atoms with Crippen LogP contribution in [0.1, 0.15) is 38.2 Å². The SMILES string of the molecule is CC1CCC(CO)(NCc2cn[nH]c2-c2cccs2)CC1. The molecule has 4 nitrogen and oxygen atoms in total. The normalized spacial score (nSPS) is 26.1. The van der Waals surface area contributed by atoms with Crippen LogP contribution in [0.4, 0.5) is 0 Å². The second-order valence-corrected chi connectivity index (χ2v) is 7.17. The molecule has 0 atom stereocenters. The Labute approximate surface area is 129 Å². The fraction of sp³-hybridized carbons (Fsp3) is 0.562. The minimum Gasteiger partial charge on any atom is -0.394 e. The highest BCUT2D eigenvalue weighted by Crippen LogP contribution is 2.32. The lowest BCUT2D eigenvalue weighted by molar-refractivity contribution is 0.104. The predicted octanol–water partition coefficient (Wildman–Crippen LogP) is 3.17. The number of aromatic amines is 1. The van der Waals surface area contributed by atoms with Crippen LogP contribution >= 0.6 is 11.3 Å². The molecule has 0 aromatic carbocycles. The highest BCUT2D eigenvalue weighted by Gasteiger charge is 2.33. The van der Waals surface area contributed by atoms with Gasteiger partial charge < -0.3 is 10.4 Å². The number of nitrogens with zero attached hydrogens (tertiary/aromatic N) is 1. The van der Waals surface area contributed by atoms with Gasteiger partial charge in [-0.15, -0.1) is 11.3 Å². The summed E-state index contributed by atoms with van der Waals surface area (Å²) in [5.41, 5.74) is 2.15. The zero-order valence-corrected chi connectivity index (χ0v) is 13.2. The van der Waals surface area contributed by atoms with Gasteiger partial charge in [0.25, 0.3) is 0 Å². The summed E-state index contributed by atoms with van der Waals surface area (Å²) in [5, 5.41) is 22.8. The molecule has 2 aromatic heterocycles. The molecule has 0 amide bonds. The Morgan fingerprint density at radius 1 is 1.48 bits per heavy atom. The first-order valence-corrected chi connectivity index (χ1v) is 8.52. The van der Waals surface area contributed by atoms with Crippen molar-refractivity contribution in [2.45, 2.75) is 44.7 Å². The molecule has 0 bridgehead atoms. The van der Waals surface area contributed by atoms with Gasteiger partial charge in [0.1, 0.15) is 0 Å². The second-order valence-electron chi connectivity index (χ2n) is 6.22. The van der Waals surface area contributed by atoms with Crippen molar-refractivity contribution >= 4 is 11.3 Å². The lowest BCUT2D eigenvalue weighted by Gasteiger charge is -2.39. The van der Waals surface area contributed by atoms with Crippen molar-refractivity contribution < 1.29 is 5.11 Å². The van der Waals surface area contributed by atoms with Gasteiger partial charge in [0, 0.05) is 17.6 Å². The molecule has 0 aliphatic heterocycles. The number of rotatable bonds is 5. The zero-order chi connectivity index (χ0) is 14.7. The summed E-state index contributed by atoms with van der Waals surface area (Å²) in [5.74, 6) is 0.780. The number of hydrogen-bond acceptors (Lipinski definition) is 4. The second kappa shape index (κ2) is 6.30. The molecule has 2 heterocycles. The minimum absolute atomic E-state index is 0.115. The number of aliphatic hydroxyl groups is 1. The lowest BCUT2D eigenvalue weighted by atomic mass is 9.77. The van der Waals surface area contributed by atoms with E-state index in [1.165, 1.54) is 23.3 Å². The average Bonchev–Trinajstić information content (AvgIpc) is 3.18. The van der Waals surface area contributed by atoms with Crippen LogP contribution in [0.15, 0.2) is 23.7 Å². The molecule has 0 spiro atoms. The summed E-state index contributed by atoms with van der Waals surface area (Å²) in [6, 6.07) is 4.15. The molecule has 0 unspecified atom stereocenters. The van der Waals surface area contributed by atoms with Crippen molar-refractivity contribution in [3.63, 3.8) is 0 Å². The third kappa shape index (κ3) is 3.20. The van der Waals surface area contributed by atoms with Gasteiger partial charge in [0.15, 0.2) is 0 Å². The summed E-state index contributed by atoms with van der Waals surface area (Å²) in [6.45, 7) is 3.26. The van der Waals surface area contributed by atoms with E-state index in [9.17, 15) is 5.11 Å². The number of H-pyrrole nitrogens is 1. The van der Waals surface area contributed by atoms with E-state index in [0.29, 0.717) is 0 Å². The zero-order valence-electron chi connectivity index (χ0n) is 12.4. The smallest absolute Gasteiger partial charge is 0.0794 e. The standard InChI is InChI=1S/C16H23N3OS/c1-12-4-6-16(11-20,7-5-12)17-9-13-10-18-19-15(13)14-3-2-8-21-14/h2-3,8,10,12,17,20H,4-7,9,11H2,1H3,(H,18,19). The maximum atomic E-state index is 9.83. The Morgan fingerprint density at radius 2 is 2.29 bits per heavy atom. The summed E-state index contributed by atoms with van der Waals surface area (Å²) >= 11 is 1.71.